The Morgan fingerprint density at radius 2 is 2.00 bits per heavy atom. The zero-order valence-corrected chi connectivity index (χ0v) is 14.3. The summed E-state index contributed by atoms with van der Waals surface area (Å²) in [7, 11) is 0. The molecule has 3 atom stereocenters. The van der Waals surface area contributed by atoms with Gasteiger partial charge in [0.1, 0.15) is 6.04 Å². The van der Waals surface area contributed by atoms with Gasteiger partial charge < -0.3 is 10.0 Å². The van der Waals surface area contributed by atoms with Crippen LogP contribution < -0.4 is 0 Å². The van der Waals surface area contributed by atoms with Crippen molar-refractivity contribution in [3.05, 3.63) is 35.9 Å². The van der Waals surface area contributed by atoms with Crippen LogP contribution in [-0.2, 0) is 16.0 Å². The molecule has 23 heavy (non-hydrogen) atoms. The molecule has 0 saturated carbocycles. The normalized spacial score (nSPS) is 23.8. The first-order valence-corrected chi connectivity index (χ1v) is 8.48. The molecule has 1 aromatic carbocycles. The minimum absolute atomic E-state index is 0.00677. The van der Waals surface area contributed by atoms with E-state index in [4.69, 9.17) is 0 Å². The third-order valence-corrected chi connectivity index (χ3v) is 5.53. The largest absolute Gasteiger partial charge is 0.480 e. The standard InChI is InChI=1S/C19H27NO3/c1-4-14(2)19(3)12-13-20(18(19)23)16(17(21)22)11-10-15-8-6-5-7-9-15/h5-9,14,16H,4,10-13H2,1-3H3,(H,21,22)/t14?,16-,19+/m0/s1. The van der Waals surface area contributed by atoms with E-state index in [0.29, 0.717) is 19.4 Å². The summed E-state index contributed by atoms with van der Waals surface area (Å²) in [5, 5.41) is 9.60. The Bertz CT molecular complexity index is 557. The van der Waals surface area contributed by atoms with Gasteiger partial charge in [-0.3, -0.25) is 4.79 Å². The fraction of sp³-hybridized carbons (Fsp3) is 0.579. The fourth-order valence-electron chi connectivity index (χ4n) is 3.46. The van der Waals surface area contributed by atoms with E-state index >= 15 is 0 Å². The van der Waals surface area contributed by atoms with Gasteiger partial charge >= 0.3 is 5.97 Å². The summed E-state index contributed by atoms with van der Waals surface area (Å²) in [4.78, 5) is 26.2. The number of carboxylic acids is 1. The third-order valence-electron chi connectivity index (χ3n) is 5.53. The molecule has 1 fully saturated rings. The lowest BCUT2D eigenvalue weighted by molar-refractivity contribution is -0.151. The number of nitrogens with zero attached hydrogens (tertiary/aromatic N) is 1. The molecule has 1 aliphatic heterocycles. The van der Waals surface area contributed by atoms with Gasteiger partial charge in [0.05, 0.1) is 5.41 Å². The molecular formula is C19H27NO3. The summed E-state index contributed by atoms with van der Waals surface area (Å²) in [6, 6.07) is 9.11. The quantitative estimate of drug-likeness (QED) is 0.839. The smallest absolute Gasteiger partial charge is 0.326 e. The summed E-state index contributed by atoms with van der Waals surface area (Å²) in [5.74, 6) is -0.626. The predicted molar refractivity (Wildman–Crippen MR) is 90.1 cm³/mol. The van der Waals surface area contributed by atoms with Gasteiger partial charge in [-0.2, -0.15) is 0 Å². The lowest BCUT2D eigenvalue weighted by atomic mass is 9.75. The van der Waals surface area contributed by atoms with Crippen LogP contribution in [0.2, 0.25) is 0 Å². The highest BCUT2D eigenvalue weighted by Gasteiger charge is 2.48. The van der Waals surface area contributed by atoms with Crippen molar-refractivity contribution in [1.82, 2.24) is 4.90 Å². The maximum Gasteiger partial charge on any atom is 0.326 e. The Hall–Kier alpha value is -1.84. The van der Waals surface area contributed by atoms with Crippen molar-refractivity contribution in [1.29, 1.82) is 0 Å². The molecular weight excluding hydrogens is 290 g/mol. The lowest BCUT2D eigenvalue weighted by Crippen LogP contribution is -2.46. The molecule has 0 aliphatic carbocycles. The van der Waals surface area contributed by atoms with Gasteiger partial charge in [-0.05, 0) is 30.7 Å². The first-order chi connectivity index (χ1) is 10.9. The number of aryl methyl sites for hydroxylation is 1. The van der Waals surface area contributed by atoms with Gasteiger partial charge in [-0.1, -0.05) is 57.5 Å². The molecule has 126 valence electrons. The summed E-state index contributed by atoms with van der Waals surface area (Å²) in [6.07, 6.45) is 2.80. The van der Waals surface area contributed by atoms with Gasteiger partial charge in [0.25, 0.3) is 0 Å². The average molecular weight is 317 g/mol. The van der Waals surface area contributed by atoms with E-state index in [-0.39, 0.29) is 11.8 Å². The summed E-state index contributed by atoms with van der Waals surface area (Å²) >= 11 is 0. The van der Waals surface area contributed by atoms with Crippen molar-refractivity contribution in [3.8, 4) is 0 Å². The number of hydrogen-bond donors (Lipinski definition) is 1. The first kappa shape index (κ1) is 17.5. The molecule has 1 saturated heterocycles. The molecule has 1 heterocycles. The van der Waals surface area contributed by atoms with E-state index in [1.54, 1.807) is 4.90 Å². The monoisotopic (exact) mass is 317 g/mol. The number of carboxylic acid groups (broad SMARTS) is 1. The molecule has 1 aliphatic rings. The van der Waals surface area contributed by atoms with Gasteiger partial charge in [0.2, 0.25) is 5.91 Å². The number of aliphatic carboxylic acids is 1. The van der Waals surface area contributed by atoms with E-state index in [9.17, 15) is 14.7 Å². The molecule has 4 nitrogen and oxygen atoms in total. The number of carbonyl (C=O) groups excluding carboxylic acids is 1. The zero-order chi connectivity index (χ0) is 17.0. The van der Waals surface area contributed by atoms with E-state index in [2.05, 4.69) is 13.8 Å². The van der Waals surface area contributed by atoms with Gasteiger partial charge in [-0.25, -0.2) is 4.79 Å². The number of likely N-dealkylation sites (tertiary alicyclic amines) is 1. The van der Waals surface area contributed by atoms with Crippen LogP contribution in [0.4, 0.5) is 0 Å². The second kappa shape index (κ2) is 7.16. The lowest BCUT2D eigenvalue weighted by Gasteiger charge is -2.31. The van der Waals surface area contributed by atoms with E-state index < -0.39 is 17.4 Å². The van der Waals surface area contributed by atoms with Crippen molar-refractivity contribution in [2.45, 2.75) is 52.5 Å². The minimum Gasteiger partial charge on any atom is -0.480 e. The Balaban J connectivity index is 2.10. The van der Waals surface area contributed by atoms with E-state index in [1.165, 1.54) is 0 Å². The molecule has 0 bridgehead atoms. The first-order valence-electron chi connectivity index (χ1n) is 8.48. The zero-order valence-electron chi connectivity index (χ0n) is 14.3. The van der Waals surface area contributed by atoms with Crippen LogP contribution in [0.3, 0.4) is 0 Å². The predicted octanol–water partition coefficient (Wildman–Crippen LogP) is 3.36. The number of hydrogen-bond acceptors (Lipinski definition) is 2. The van der Waals surface area contributed by atoms with Crippen LogP contribution in [0.25, 0.3) is 0 Å². The van der Waals surface area contributed by atoms with Crippen molar-refractivity contribution in [2.75, 3.05) is 6.54 Å². The van der Waals surface area contributed by atoms with Crippen molar-refractivity contribution >= 4 is 11.9 Å². The second-order valence-corrected chi connectivity index (χ2v) is 6.85. The Kier molecular flexibility index (Phi) is 5.45. The molecule has 1 amide bonds. The van der Waals surface area contributed by atoms with Crippen molar-refractivity contribution in [2.24, 2.45) is 11.3 Å². The highest BCUT2D eigenvalue weighted by atomic mass is 16.4. The van der Waals surface area contributed by atoms with Crippen LogP contribution in [0.15, 0.2) is 30.3 Å². The van der Waals surface area contributed by atoms with Crippen LogP contribution in [0.1, 0.15) is 45.6 Å². The number of amides is 1. The SMILES string of the molecule is CCC(C)[C@@]1(C)CCN([C@@H](CCc2ccccc2)C(=O)O)C1=O. The molecule has 1 aromatic rings. The van der Waals surface area contributed by atoms with Crippen molar-refractivity contribution < 1.29 is 14.7 Å². The Morgan fingerprint density at radius 3 is 2.57 bits per heavy atom. The fourth-order valence-corrected chi connectivity index (χ4v) is 3.46. The molecule has 2 rings (SSSR count). The summed E-state index contributed by atoms with van der Waals surface area (Å²) < 4.78 is 0. The highest BCUT2D eigenvalue weighted by molar-refractivity contribution is 5.89. The van der Waals surface area contributed by atoms with E-state index in [1.807, 2.05) is 37.3 Å². The molecule has 0 radical (unpaired) electrons. The molecule has 4 heteroatoms. The molecule has 0 aromatic heterocycles. The molecule has 0 spiro atoms. The highest BCUT2D eigenvalue weighted by Crippen LogP contribution is 2.41. The van der Waals surface area contributed by atoms with Crippen LogP contribution >= 0.6 is 0 Å². The Labute approximate surface area is 138 Å². The second-order valence-electron chi connectivity index (χ2n) is 6.85. The topological polar surface area (TPSA) is 57.6 Å². The van der Waals surface area contributed by atoms with Crippen LogP contribution in [0, 0.1) is 11.3 Å². The summed E-state index contributed by atoms with van der Waals surface area (Å²) in [6.45, 7) is 6.70. The van der Waals surface area contributed by atoms with E-state index in [0.717, 1.165) is 18.4 Å². The average Bonchev–Trinajstić information content (AvgIpc) is 2.85. The molecule has 1 N–H and O–H groups in total. The number of rotatable bonds is 7. The van der Waals surface area contributed by atoms with Gasteiger partial charge in [0.15, 0.2) is 0 Å². The van der Waals surface area contributed by atoms with Crippen LogP contribution in [-0.4, -0.2) is 34.5 Å². The maximum atomic E-state index is 12.8. The van der Waals surface area contributed by atoms with Gasteiger partial charge in [0, 0.05) is 6.54 Å². The number of carbonyl (C=O) groups is 2. The maximum absolute atomic E-state index is 12.8. The Morgan fingerprint density at radius 1 is 1.35 bits per heavy atom. The minimum atomic E-state index is -0.900. The number of benzene rings is 1. The van der Waals surface area contributed by atoms with Gasteiger partial charge in [-0.15, -0.1) is 0 Å². The van der Waals surface area contributed by atoms with Crippen LogP contribution in [0.5, 0.6) is 0 Å². The summed E-state index contributed by atoms with van der Waals surface area (Å²) in [5.41, 5.74) is 0.685. The molecule has 1 unspecified atom stereocenters. The van der Waals surface area contributed by atoms with Crippen molar-refractivity contribution in [3.63, 3.8) is 0 Å². The third kappa shape index (κ3) is 3.57.